The number of rotatable bonds is 6. The number of pyridine rings is 1. The Morgan fingerprint density at radius 1 is 1.18 bits per heavy atom. The van der Waals surface area contributed by atoms with Crippen LogP contribution in [0.1, 0.15) is 52.7 Å². The van der Waals surface area contributed by atoms with Gasteiger partial charge in [-0.05, 0) is 55.4 Å². The minimum Gasteiger partial charge on any atom is -0.392 e. The predicted molar refractivity (Wildman–Crippen MR) is 155 cm³/mol. The summed E-state index contributed by atoms with van der Waals surface area (Å²) in [6.45, 7) is 12.4. The number of nitrogens with one attached hydrogen (secondary N) is 2. The minimum absolute atomic E-state index is 0.0826. The molecule has 1 amide bonds. The number of anilines is 2. The van der Waals surface area contributed by atoms with Crippen molar-refractivity contribution < 1.29 is 9.90 Å². The van der Waals surface area contributed by atoms with Crippen molar-refractivity contribution in [1.29, 1.82) is 5.41 Å². The van der Waals surface area contributed by atoms with Gasteiger partial charge in [0, 0.05) is 54.9 Å². The fourth-order valence-corrected chi connectivity index (χ4v) is 5.86. The Bertz CT molecular complexity index is 1640. The van der Waals surface area contributed by atoms with Crippen LogP contribution in [-0.2, 0) is 26.4 Å². The molecular formula is C30H35N7O3. The first-order chi connectivity index (χ1) is 18.9. The summed E-state index contributed by atoms with van der Waals surface area (Å²) in [6.07, 6.45) is 5.01. The van der Waals surface area contributed by atoms with Gasteiger partial charge in [-0.25, -0.2) is 9.97 Å². The monoisotopic (exact) mass is 541 g/mol. The SMILES string of the molecule is C=C/C(=C(/CO)C(=N)N1CCn2c(cc3c2CC(C)(C)C3)C1=O)c1cc(Nc2cc(C)nc(C)n2)c(=O)n(C)c1. The zero-order chi connectivity index (χ0) is 28.9. The van der Waals surface area contributed by atoms with Crippen LogP contribution in [0.2, 0.25) is 0 Å². The van der Waals surface area contributed by atoms with E-state index < -0.39 is 6.61 Å². The number of carbonyl (C=O) groups excluding carboxylic acids is 1. The molecule has 0 radical (unpaired) electrons. The molecule has 0 bridgehead atoms. The number of fused-ring (bicyclic) bond motifs is 3. The summed E-state index contributed by atoms with van der Waals surface area (Å²) in [4.78, 5) is 36.6. The number of nitrogens with zero attached hydrogens (tertiary/aromatic N) is 5. The van der Waals surface area contributed by atoms with Crippen molar-refractivity contribution in [2.45, 2.75) is 47.1 Å². The number of amidine groups is 1. The topological polar surface area (TPSA) is 129 Å². The van der Waals surface area contributed by atoms with Crippen molar-refractivity contribution in [2.24, 2.45) is 12.5 Å². The van der Waals surface area contributed by atoms with Gasteiger partial charge in [0.15, 0.2) is 0 Å². The quantitative estimate of drug-likeness (QED) is 0.249. The molecular weight excluding hydrogens is 506 g/mol. The van der Waals surface area contributed by atoms with E-state index in [1.54, 1.807) is 32.3 Å². The van der Waals surface area contributed by atoms with E-state index in [-0.39, 0.29) is 34.0 Å². The van der Waals surface area contributed by atoms with Crippen molar-refractivity contribution >= 4 is 28.8 Å². The molecule has 10 heteroatoms. The molecule has 0 unspecified atom stereocenters. The molecule has 4 heterocycles. The molecule has 3 N–H and O–H groups in total. The van der Waals surface area contributed by atoms with Crippen LogP contribution in [0, 0.1) is 24.7 Å². The van der Waals surface area contributed by atoms with Gasteiger partial charge in [-0.1, -0.05) is 26.5 Å². The Labute approximate surface area is 233 Å². The summed E-state index contributed by atoms with van der Waals surface area (Å²) in [5.74, 6) is 0.719. The lowest BCUT2D eigenvalue weighted by atomic mass is 9.90. The molecule has 0 saturated heterocycles. The first-order valence-electron chi connectivity index (χ1n) is 13.3. The third kappa shape index (κ3) is 4.79. The van der Waals surface area contributed by atoms with Crippen LogP contribution in [0.3, 0.4) is 0 Å². The lowest BCUT2D eigenvalue weighted by Crippen LogP contribution is -2.45. The maximum Gasteiger partial charge on any atom is 0.276 e. The van der Waals surface area contributed by atoms with Crippen molar-refractivity contribution in [3.05, 3.63) is 87.0 Å². The Balaban J connectivity index is 1.50. The normalized spacial score (nSPS) is 16.4. The van der Waals surface area contributed by atoms with Crippen LogP contribution in [0.5, 0.6) is 0 Å². The molecule has 0 fully saturated rings. The Hall–Kier alpha value is -4.31. The van der Waals surface area contributed by atoms with Crippen LogP contribution < -0.4 is 10.9 Å². The third-order valence-electron chi connectivity index (χ3n) is 7.59. The van der Waals surface area contributed by atoms with Crippen LogP contribution in [0.15, 0.2) is 47.4 Å². The van der Waals surface area contributed by atoms with Crippen LogP contribution >= 0.6 is 0 Å². The third-order valence-corrected chi connectivity index (χ3v) is 7.59. The highest BCUT2D eigenvalue weighted by atomic mass is 16.3. The number of aryl methyl sites for hydroxylation is 3. The average Bonchev–Trinajstić information content (AvgIpc) is 3.36. The van der Waals surface area contributed by atoms with Gasteiger partial charge in [0.1, 0.15) is 28.9 Å². The molecule has 3 aromatic heterocycles. The zero-order valence-corrected chi connectivity index (χ0v) is 23.6. The molecule has 5 rings (SSSR count). The van der Waals surface area contributed by atoms with Crippen LogP contribution in [0.25, 0.3) is 5.57 Å². The highest BCUT2D eigenvalue weighted by Crippen LogP contribution is 2.39. The molecule has 208 valence electrons. The standard InChI is InChI=1S/C30H35N7O3/c1-7-21(20-11-23(28(39)35(6)15-20)34-26-10-17(2)32-18(3)33-26)22(16-38)27(31)37-9-8-36-24(29(37)40)12-19-13-30(4,5)14-25(19)36/h7,10-12,15,31,38H,1,8-9,13-14,16H2,2-6H3,(H,32,33,34)/b22-21+,31-27?. The first-order valence-corrected chi connectivity index (χ1v) is 13.3. The van der Waals surface area contributed by atoms with E-state index in [0.29, 0.717) is 41.6 Å². The van der Waals surface area contributed by atoms with Gasteiger partial charge >= 0.3 is 0 Å². The zero-order valence-electron chi connectivity index (χ0n) is 23.6. The van der Waals surface area contributed by atoms with Gasteiger partial charge in [-0.3, -0.25) is 19.9 Å². The molecule has 0 atom stereocenters. The number of aromatic nitrogens is 4. The fraction of sp³-hybridized carbons (Fsp3) is 0.367. The minimum atomic E-state index is -0.481. The Kier molecular flexibility index (Phi) is 6.83. The van der Waals surface area contributed by atoms with E-state index in [9.17, 15) is 14.7 Å². The fourth-order valence-electron chi connectivity index (χ4n) is 5.86. The lowest BCUT2D eigenvalue weighted by Gasteiger charge is -2.31. The number of aliphatic hydroxyl groups excluding tert-OH is 1. The second kappa shape index (κ2) is 10.0. The first kappa shape index (κ1) is 27.3. The molecule has 2 aliphatic rings. The van der Waals surface area contributed by atoms with Gasteiger partial charge in [-0.2, -0.15) is 0 Å². The van der Waals surface area contributed by atoms with Crippen LogP contribution in [0.4, 0.5) is 11.5 Å². The number of hydrogen-bond donors (Lipinski definition) is 3. The summed E-state index contributed by atoms with van der Waals surface area (Å²) in [5.41, 5.74) is 5.19. The van der Waals surface area contributed by atoms with Gasteiger partial charge in [-0.15, -0.1) is 0 Å². The smallest absolute Gasteiger partial charge is 0.276 e. The summed E-state index contributed by atoms with van der Waals surface area (Å²) in [6, 6.07) is 5.35. The molecule has 0 spiro atoms. The largest absolute Gasteiger partial charge is 0.392 e. The molecule has 40 heavy (non-hydrogen) atoms. The average molecular weight is 542 g/mol. The van der Waals surface area contributed by atoms with Crippen LogP contribution in [-0.4, -0.2) is 54.0 Å². The highest BCUT2D eigenvalue weighted by Gasteiger charge is 2.37. The van der Waals surface area contributed by atoms with Gasteiger partial charge < -0.3 is 19.6 Å². The summed E-state index contributed by atoms with van der Waals surface area (Å²) in [7, 11) is 1.63. The van der Waals surface area contributed by atoms with E-state index in [2.05, 4.69) is 40.3 Å². The Morgan fingerprint density at radius 3 is 2.60 bits per heavy atom. The van der Waals surface area contributed by atoms with E-state index >= 15 is 0 Å². The van der Waals surface area contributed by atoms with E-state index in [0.717, 1.165) is 18.5 Å². The van der Waals surface area contributed by atoms with E-state index in [1.165, 1.54) is 26.8 Å². The number of allylic oxidation sites excluding steroid dienone is 2. The van der Waals surface area contributed by atoms with E-state index in [1.807, 2.05) is 13.0 Å². The lowest BCUT2D eigenvalue weighted by molar-refractivity contribution is 0.0804. The van der Waals surface area contributed by atoms with Crippen molar-refractivity contribution in [1.82, 2.24) is 24.0 Å². The Morgan fingerprint density at radius 2 is 1.93 bits per heavy atom. The molecule has 10 nitrogen and oxygen atoms in total. The second-order valence-corrected chi connectivity index (χ2v) is 11.4. The highest BCUT2D eigenvalue weighted by molar-refractivity contribution is 6.15. The van der Waals surface area contributed by atoms with Crippen molar-refractivity contribution in [2.75, 3.05) is 18.5 Å². The molecule has 0 aromatic carbocycles. The summed E-state index contributed by atoms with van der Waals surface area (Å²) >= 11 is 0. The molecule has 1 aliphatic carbocycles. The van der Waals surface area contributed by atoms with Gasteiger partial charge in [0.05, 0.1) is 6.61 Å². The summed E-state index contributed by atoms with van der Waals surface area (Å²) in [5, 5.41) is 22.5. The van der Waals surface area contributed by atoms with Crippen molar-refractivity contribution in [3.63, 3.8) is 0 Å². The second-order valence-electron chi connectivity index (χ2n) is 11.4. The number of aliphatic hydroxyl groups is 1. The molecule has 0 saturated carbocycles. The molecule has 3 aromatic rings. The number of hydrogen-bond acceptors (Lipinski definition) is 7. The molecule has 1 aliphatic heterocycles. The van der Waals surface area contributed by atoms with E-state index in [4.69, 9.17) is 5.41 Å². The maximum absolute atomic E-state index is 13.6. The number of amides is 1. The maximum atomic E-state index is 13.6. The predicted octanol–water partition coefficient (Wildman–Crippen LogP) is 3.53. The number of carbonyl (C=O) groups is 1. The van der Waals surface area contributed by atoms with Gasteiger partial charge in [0.25, 0.3) is 11.5 Å². The summed E-state index contributed by atoms with van der Waals surface area (Å²) < 4.78 is 3.51. The van der Waals surface area contributed by atoms with Crippen molar-refractivity contribution in [3.8, 4) is 0 Å². The van der Waals surface area contributed by atoms with Gasteiger partial charge in [0.2, 0.25) is 0 Å².